The van der Waals surface area contributed by atoms with Crippen LogP contribution in [0.3, 0.4) is 0 Å². The Labute approximate surface area is 95.8 Å². The summed E-state index contributed by atoms with van der Waals surface area (Å²) in [5.41, 5.74) is 0.318. The molecule has 0 amide bonds. The number of hydrogen-bond acceptors (Lipinski definition) is 4. The number of ether oxygens (including phenoxy) is 1. The van der Waals surface area contributed by atoms with Crippen molar-refractivity contribution in [2.45, 2.75) is 0 Å². The molecule has 0 aliphatic carbocycles. The van der Waals surface area contributed by atoms with Crippen molar-refractivity contribution in [3.8, 4) is 5.75 Å². The predicted octanol–water partition coefficient (Wildman–Crippen LogP) is 2.81. The van der Waals surface area contributed by atoms with Gasteiger partial charge in [-0.1, -0.05) is 11.6 Å². The molecule has 0 saturated carbocycles. The Balaban J connectivity index is 2.92. The summed E-state index contributed by atoms with van der Waals surface area (Å²) in [6, 6.07) is 4.37. The lowest BCUT2D eigenvalue weighted by molar-refractivity contribution is -0.383. The second-order valence-corrected chi connectivity index (χ2v) is 3.47. The van der Waals surface area contributed by atoms with E-state index in [0.717, 1.165) is 0 Å². The van der Waals surface area contributed by atoms with E-state index in [0.29, 0.717) is 16.7 Å². The van der Waals surface area contributed by atoms with Crippen LogP contribution in [0.2, 0.25) is 5.02 Å². The van der Waals surface area contributed by atoms with E-state index < -0.39 is 4.92 Å². The van der Waals surface area contributed by atoms with Gasteiger partial charge >= 0.3 is 0 Å². The zero-order chi connectivity index (χ0) is 11.7. The maximum atomic E-state index is 10.8. The molecule has 0 aliphatic heterocycles. The number of nitro benzene ring substituents is 1. The molecule has 5 nitrogen and oxygen atoms in total. The number of nitrogens with zero attached hydrogens (tertiary/aromatic N) is 2. The molecule has 82 valence electrons. The number of aromatic nitrogens is 1. The molecule has 0 unspecified atom stereocenters. The topological polar surface area (TPSA) is 65.3 Å². The molecule has 0 saturated heterocycles. The van der Waals surface area contributed by atoms with Gasteiger partial charge in [0.15, 0.2) is 0 Å². The van der Waals surface area contributed by atoms with Gasteiger partial charge in [-0.2, -0.15) is 0 Å². The smallest absolute Gasteiger partial charge is 0.280 e. The van der Waals surface area contributed by atoms with Crippen molar-refractivity contribution in [2.24, 2.45) is 0 Å². The molecular weight excluding hydrogens is 232 g/mol. The van der Waals surface area contributed by atoms with Gasteiger partial charge < -0.3 is 4.74 Å². The maximum absolute atomic E-state index is 10.8. The summed E-state index contributed by atoms with van der Waals surface area (Å²) in [6.45, 7) is 0. The molecule has 0 aliphatic rings. The first-order valence-corrected chi connectivity index (χ1v) is 4.78. The number of non-ortho nitro benzene ring substituents is 1. The van der Waals surface area contributed by atoms with Crippen LogP contribution >= 0.6 is 11.6 Å². The first-order valence-electron chi connectivity index (χ1n) is 4.40. The number of halogens is 1. The summed E-state index contributed by atoms with van der Waals surface area (Å²) < 4.78 is 5.07. The number of hydrogen-bond donors (Lipinski definition) is 0. The SMILES string of the molecule is COc1ccc([N+](=O)[O-])c2c(Cl)ccnc12. The Morgan fingerprint density at radius 3 is 2.81 bits per heavy atom. The molecule has 0 radical (unpaired) electrons. The fourth-order valence-electron chi connectivity index (χ4n) is 1.50. The molecule has 0 atom stereocenters. The molecule has 0 bridgehead atoms. The van der Waals surface area contributed by atoms with Crippen LogP contribution < -0.4 is 4.74 Å². The first kappa shape index (κ1) is 10.6. The van der Waals surface area contributed by atoms with E-state index in [1.807, 2.05) is 0 Å². The van der Waals surface area contributed by atoms with Crippen LogP contribution in [0.25, 0.3) is 10.9 Å². The van der Waals surface area contributed by atoms with Crippen LogP contribution in [0.15, 0.2) is 24.4 Å². The second kappa shape index (κ2) is 3.94. The second-order valence-electron chi connectivity index (χ2n) is 3.06. The van der Waals surface area contributed by atoms with Gasteiger partial charge in [0.25, 0.3) is 5.69 Å². The monoisotopic (exact) mass is 238 g/mol. The first-order chi connectivity index (χ1) is 7.65. The number of fused-ring (bicyclic) bond motifs is 1. The van der Waals surface area contributed by atoms with Gasteiger partial charge in [0.2, 0.25) is 0 Å². The molecule has 1 aromatic carbocycles. The number of rotatable bonds is 2. The van der Waals surface area contributed by atoms with E-state index in [-0.39, 0.29) is 10.7 Å². The van der Waals surface area contributed by atoms with Crippen molar-refractivity contribution in [1.29, 1.82) is 0 Å². The van der Waals surface area contributed by atoms with Crippen LogP contribution in [-0.2, 0) is 0 Å². The molecule has 16 heavy (non-hydrogen) atoms. The van der Waals surface area contributed by atoms with E-state index in [1.54, 1.807) is 0 Å². The third-order valence-electron chi connectivity index (χ3n) is 2.20. The van der Waals surface area contributed by atoms with E-state index in [4.69, 9.17) is 16.3 Å². The molecular formula is C10H7ClN2O3. The largest absolute Gasteiger partial charge is 0.494 e. The summed E-state index contributed by atoms with van der Waals surface area (Å²) in [4.78, 5) is 14.4. The van der Waals surface area contributed by atoms with Gasteiger partial charge in [-0.05, 0) is 12.1 Å². The third-order valence-corrected chi connectivity index (χ3v) is 2.51. The van der Waals surface area contributed by atoms with Crippen LogP contribution in [0.1, 0.15) is 0 Å². The highest BCUT2D eigenvalue weighted by atomic mass is 35.5. The highest BCUT2D eigenvalue weighted by Crippen LogP contribution is 2.35. The van der Waals surface area contributed by atoms with Crippen LogP contribution in [0, 0.1) is 10.1 Å². The summed E-state index contributed by atoms with van der Waals surface area (Å²) >= 11 is 5.94. The molecule has 6 heteroatoms. The van der Waals surface area contributed by atoms with E-state index in [2.05, 4.69) is 4.98 Å². The summed E-state index contributed by atoms with van der Waals surface area (Å²) in [5, 5.41) is 11.4. The number of nitro groups is 1. The van der Waals surface area contributed by atoms with Gasteiger partial charge in [0.05, 0.1) is 17.1 Å². The van der Waals surface area contributed by atoms with Crippen molar-refractivity contribution < 1.29 is 9.66 Å². The minimum Gasteiger partial charge on any atom is -0.494 e. The van der Waals surface area contributed by atoms with Gasteiger partial charge in [-0.3, -0.25) is 15.1 Å². The Morgan fingerprint density at radius 2 is 2.19 bits per heavy atom. The minimum absolute atomic E-state index is 0.0751. The molecule has 2 rings (SSSR count). The Morgan fingerprint density at radius 1 is 1.44 bits per heavy atom. The highest BCUT2D eigenvalue weighted by molar-refractivity contribution is 6.36. The normalized spacial score (nSPS) is 10.4. The molecule has 2 aromatic rings. The zero-order valence-corrected chi connectivity index (χ0v) is 9.06. The van der Waals surface area contributed by atoms with Crippen molar-refractivity contribution in [2.75, 3.05) is 7.11 Å². The zero-order valence-electron chi connectivity index (χ0n) is 8.31. The lowest BCUT2D eigenvalue weighted by Crippen LogP contribution is -1.94. The molecule has 0 N–H and O–H groups in total. The highest BCUT2D eigenvalue weighted by Gasteiger charge is 2.18. The quantitative estimate of drug-likeness (QED) is 0.596. The Hall–Kier alpha value is -1.88. The lowest BCUT2D eigenvalue weighted by Gasteiger charge is -2.05. The van der Waals surface area contributed by atoms with Crippen molar-refractivity contribution in [3.05, 3.63) is 39.5 Å². The molecule has 0 fully saturated rings. The van der Waals surface area contributed by atoms with E-state index in [9.17, 15) is 10.1 Å². The van der Waals surface area contributed by atoms with Crippen LogP contribution in [0.5, 0.6) is 5.75 Å². The average molecular weight is 239 g/mol. The van der Waals surface area contributed by atoms with Crippen molar-refractivity contribution in [3.63, 3.8) is 0 Å². The summed E-state index contributed by atoms with van der Waals surface area (Å²) in [7, 11) is 1.48. The number of pyridine rings is 1. The minimum atomic E-state index is -0.491. The number of methoxy groups -OCH3 is 1. The summed E-state index contributed by atoms with van der Waals surface area (Å²) in [5.74, 6) is 0.461. The predicted molar refractivity (Wildman–Crippen MR) is 60.0 cm³/mol. The average Bonchev–Trinajstić information content (AvgIpc) is 2.28. The number of benzene rings is 1. The van der Waals surface area contributed by atoms with Gasteiger partial charge in [0, 0.05) is 12.3 Å². The fourth-order valence-corrected chi connectivity index (χ4v) is 1.75. The van der Waals surface area contributed by atoms with E-state index >= 15 is 0 Å². The Bertz CT molecular complexity index is 571. The van der Waals surface area contributed by atoms with Crippen LogP contribution in [-0.4, -0.2) is 17.0 Å². The molecule has 1 heterocycles. The van der Waals surface area contributed by atoms with Crippen molar-refractivity contribution >= 4 is 28.2 Å². The summed E-state index contributed by atoms with van der Waals surface area (Å²) in [6.07, 6.45) is 1.48. The third kappa shape index (κ3) is 1.55. The van der Waals surface area contributed by atoms with Crippen LogP contribution in [0.4, 0.5) is 5.69 Å². The standard InChI is InChI=1S/C10H7ClN2O3/c1-16-8-3-2-7(13(14)15)9-6(11)4-5-12-10(8)9/h2-5H,1H3. The Kier molecular flexibility index (Phi) is 2.62. The van der Waals surface area contributed by atoms with Gasteiger partial charge in [-0.25, -0.2) is 0 Å². The van der Waals surface area contributed by atoms with Gasteiger partial charge in [0.1, 0.15) is 16.7 Å². The maximum Gasteiger partial charge on any atom is 0.280 e. The van der Waals surface area contributed by atoms with Crippen molar-refractivity contribution in [1.82, 2.24) is 4.98 Å². The fraction of sp³-hybridized carbons (Fsp3) is 0.100. The van der Waals surface area contributed by atoms with E-state index in [1.165, 1.54) is 31.5 Å². The molecule has 1 aromatic heterocycles. The van der Waals surface area contributed by atoms with Gasteiger partial charge in [-0.15, -0.1) is 0 Å². The lowest BCUT2D eigenvalue weighted by atomic mass is 10.1. The molecule has 0 spiro atoms.